The van der Waals surface area contributed by atoms with E-state index < -0.39 is 0 Å². The first-order valence-corrected chi connectivity index (χ1v) is 12.7. The second-order valence-electron chi connectivity index (χ2n) is 9.87. The van der Waals surface area contributed by atoms with Crippen LogP contribution in [0.3, 0.4) is 0 Å². The minimum Gasteiger partial charge on any atom is -0.328 e. The number of carbonyl (C=O) groups excluding carboxylic acids is 2. The van der Waals surface area contributed by atoms with Gasteiger partial charge in [-0.1, -0.05) is 85.0 Å². The zero-order valence-corrected chi connectivity index (χ0v) is 20.1. The Morgan fingerprint density at radius 2 is 1.03 bits per heavy atom. The Hall–Kier alpha value is -3.14. The largest absolute Gasteiger partial charge is 0.328 e. The molecule has 0 saturated carbocycles. The van der Waals surface area contributed by atoms with Gasteiger partial charge < -0.3 is 9.80 Å². The number of fused-ring (bicyclic) bond motifs is 2. The zero-order chi connectivity index (χ0) is 23.7. The normalized spacial score (nSPS) is 30.4. The van der Waals surface area contributed by atoms with Crippen molar-refractivity contribution in [1.82, 2.24) is 9.80 Å². The maximum atomic E-state index is 13.2. The first-order valence-electron chi connectivity index (χ1n) is 12.7. The highest BCUT2D eigenvalue weighted by molar-refractivity contribution is 5.88. The second kappa shape index (κ2) is 9.61. The van der Waals surface area contributed by atoms with Crippen molar-refractivity contribution in [3.05, 3.63) is 96.1 Å². The van der Waals surface area contributed by atoms with Crippen molar-refractivity contribution < 1.29 is 9.59 Å². The van der Waals surface area contributed by atoms with E-state index in [1.165, 1.54) is 0 Å². The van der Waals surface area contributed by atoms with Crippen LogP contribution in [0.5, 0.6) is 0 Å². The lowest BCUT2D eigenvalue weighted by Gasteiger charge is -2.52. The van der Waals surface area contributed by atoms with Crippen LogP contribution in [0, 0.1) is 11.8 Å². The topological polar surface area (TPSA) is 40.6 Å². The Morgan fingerprint density at radius 3 is 1.41 bits per heavy atom. The van der Waals surface area contributed by atoms with E-state index in [4.69, 9.17) is 0 Å². The molecular formula is C30H34N2O2. The Labute approximate surface area is 203 Å². The summed E-state index contributed by atoms with van der Waals surface area (Å²) in [5.74, 6) is 0.515. The quantitative estimate of drug-likeness (QED) is 0.430. The average molecular weight is 455 g/mol. The number of likely N-dealkylation sites (tertiary alicyclic amines) is 2. The molecule has 1 unspecified atom stereocenters. The molecule has 2 aromatic rings. The van der Waals surface area contributed by atoms with Crippen molar-refractivity contribution in [1.29, 1.82) is 0 Å². The number of rotatable bonds is 4. The Balaban J connectivity index is 1.42. The van der Waals surface area contributed by atoms with Gasteiger partial charge in [0.05, 0.1) is 36.0 Å². The average Bonchev–Trinajstić information content (AvgIpc) is 2.86. The fourth-order valence-corrected chi connectivity index (χ4v) is 5.93. The predicted molar refractivity (Wildman–Crippen MR) is 135 cm³/mol. The number of allylic oxidation sites excluding steroid dienone is 2. The minimum absolute atomic E-state index is 0.0145. The van der Waals surface area contributed by atoms with Crippen LogP contribution in [-0.2, 0) is 9.59 Å². The SMILES string of the molecule is C[C@H](c1ccccc1)N1C(=O)[C@H]2CC/C=C\CC[C@H]3C(=O)N([C@@H](C)c4ccccc4)C3/C=C/[C@@H]21. The molecule has 4 nitrogen and oxygen atoms in total. The fourth-order valence-electron chi connectivity index (χ4n) is 5.93. The van der Waals surface area contributed by atoms with Gasteiger partial charge in [0.1, 0.15) is 0 Å². The maximum Gasteiger partial charge on any atom is 0.229 e. The molecule has 0 spiro atoms. The second-order valence-corrected chi connectivity index (χ2v) is 9.87. The van der Waals surface area contributed by atoms with E-state index in [-0.39, 0.29) is 47.8 Å². The van der Waals surface area contributed by atoms with E-state index in [9.17, 15) is 9.59 Å². The molecule has 2 heterocycles. The molecule has 6 atom stereocenters. The smallest absolute Gasteiger partial charge is 0.229 e. The highest BCUT2D eigenvalue weighted by Crippen LogP contribution is 2.42. The van der Waals surface area contributed by atoms with Gasteiger partial charge in [-0.3, -0.25) is 9.59 Å². The van der Waals surface area contributed by atoms with Crippen molar-refractivity contribution >= 4 is 11.8 Å². The summed E-state index contributed by atoms with van der Waals surface area (Å²) in [7, 11) is 0. The van der Waals surface area contributed by atoms with Crippen LogP contribution in [0.2, 0.25) is 0 Å². The molecule has 34 heavy (non-hydrogen) atoms. The van der Waals surface area contributed by atoms with Crippen molar-refractivity contribution in [2.24, 2.45) is 11.8 Å². The Morgan fingerprint density at radius 1 is 0.647 bits per heavy atom. The molecule has 176 valence electrons. The molecule has 0 radical (unpaired) electrons. The Bertz CT molecular complexity index is 992. The summed E-state index contributed by atoms with van der Waals surface area (Å²) in [6.45, 7) is 4.24. The summed E-state index contributed by atoms with van der Waals surface area (Å²) in [5, 5.41) is 0. The lowest BCUT2D eigenvalue weighted by molar-refractivity contribution is -0.159. The summed E-state index contributed by atoms with van der Waals surface area (Å²) in [5.41, 5.74) is 2.31. The van der Waals surface area contributed by atoms with Gasteiger partial charge in [0.2, 0.25) is 11.8 Å². The van der Waals surface area contributed by atoms with Gasteiger partial charge in [0.25, 0.3) is 0 Å². The number of hydrogen-bond acceptors (Lipinski definition) is 2. The van der Waals surface area contributed by atoms with Crippen molar-refractivity contribution in [2.45, 2.75) is 63.7 Å². The summed E-state index contributed by atoms with van der Waals surface area (Å²) in [4.78, 5) is 30.5. The van der Waals surface area contributed by atoms with Crippen molar-refractivity contribution in [2.75, 3.05) is 0 Å². The number of hydrogen-bond donors (Lipinski definition) is 0. The summed E-state index contributed by atoms with van der Waals surface area (Å²) in [6.07, 6.45) is 12.4. The van der Waals surface area contributed by atoms with Gasteiger partial charge in [-0.15, -0.1) is 0 Å². The molecule has 4 heteroatoms. The van der Waals surface area contributed by atoms with Gasteiger partial charge in [-0.25, -0.2) is 0 Å². The molecule has 0 N–H and O–H groups in total. The monoisotopic (exact) mass is 454 g/mol. The predicted octanol–water partition coefficient (Wildman–Crippen LogP) is 5.85. The summed E-state index contributed by atoms with van der Waals surface area (Å²) >= 11 is 0. The highest BCUT2D eigenvalue weighted by Gasteiger charge is 2.50. The maximum absolute atomic E-state index is 13.2. The van der Waals surface area contributed by atoms with Crippen LogP contribution in [0.25, 0.3) is 0 Å². The van der Waals surface area contributed by atoms with Crippen LogP contribution < -0.4 is 0 Å². The van der Waals surface area contributed by atoms with Gasteiger partial charge in [0.15, 0.2) is 0 Å². The van der Waals surface area contributed by atoms with Gasteiger partial charge >= 0.3 is 0 Å². The van der Waals surface area contributed by atoms with E-state index in [2.05, 4.69) is 62.4 Å². The molecule has 3 aliphatic rings. The number of amides is 2. The molecule has 5 rings (SSSR count). The third kappa shape index (κ3) is 4.00. The van der Waals surface area contributed by atoms with Crippen molar-refractivity contribution in [3.8, 4) is 0 Å². The fraction of sp³-hybridized carbons (Fsp3) is 0.400. The van der Waals surface area contributed by atoms with Crippen LogP contribution in [0.4, 0.5) is 0 Å². The first kappa shape index (κ1) is 22.6. The molecule has 2 saturated heterocycles. The van der Waals surface area contributed by atoms with Crippen LogP contribution in [0.15, 0.2) is 85.0 Å². The lowest BCUT2D eigenvalue weighted by Crippen LogP contribution is -2.62. The van der Waals surface area contributed by atoms with E-state index in [1.807, 2.05) is 46.2 Å². The molecule has 1 aliphatic carbocycles. The number of benzene rings is 2. The van der Waals surface area contributed by atoms with Crippen LogP contribution in [0.1, 0.15) is 62.7 Å². The van der Waals surface area contributed by atoms with Crippen LogP contribution >= 0.6 is 0 Å². The zero-order valence-electron chi connectivity index (χ0n) is 20.1. The number of carbonyl (C=O) groups is 2. The van der Waals surface area contributed by atoms with Crippen LogP contribution in [-0.4, -0.2) is 33.7 Å². The van der Waals surface area contributed by atoms with E-state index in [0.717, 1.165) is 36.8 Å². The third-order valence-corrected chi connectivity index (χ3v) is 7.97. The van der Waals surface area contributed by atoms with E-state index >= 15 is 0 Å². The molecular weight excluding hydrogens is 420 g/mol. The van der Waals surface area contributed by atoms with Gasteiger partial charge in [-0.05, 0) is 50.7 Å². The highest BCUT2D eigenvalue weighted by atomic mass is 16.2. The summed E-state index contributed by atoms with van der Waals surface area (Å²) < 4.78 is 0. The molecule has 0 aromatic heterocycles. The van der Waals surface area contributed by atoms with Gasteiger partial charge in [-0.2, -0.15) is 0 Å². The molecule has 0 bridgehead atoms. The molecule has 2 fully saturated rings. The van der Waals surface area contributed by atoms with E-state index in [0.29, 0.717) is 0 Å². The molecule has 2 aromatic carbocycles. The lowest BCUT2D eigenvalue weighted by atomic mass is 9.77. The number of β-lactam (4-membered cyclic amide) rings is 2. The van der Waals surface area contributed by atoms with Gasteiger partial charge in [0, 0.05) is 0 Å². The first-order chi connectivity index (χ1) is 16.6. The summed E-state index contributed by atoms with van der Waals surface area (Å²) in [6, 6.07) is 20.7. The third-order valence-electron chi connectivity index (χ3n) is 7.97. The minimum atomic E-state index is 0.0145. The Kier molecular flexibility index (Phi) is 6.40. The van der Waals surface area contributed by atoms with E-state index in [1.54, 1.807) is 0 Å². The molecule has 2 aliphatic heterocycles. The number of nitrogens with zero attached hydrogens (tertiary/aromatic N) is 2. The molecule has 2 amide bonds. The van der Waals surface area contributed by atoms with Crippen molar-refractivity contribution in [3.63, 3.8) is 0 Å². The standard InChI is InChI=1S/C30H34N2O2/c1-21(23-13-7-5-8-14-23)31-27-19-20-28-26(18-12-4-3-11-17-25(27)29(31)33)30(34)32(28)22(2)24-15-9-6-10-16-24/h3-10,13-16,19-22,25-28H,11-12,17-18H2,1-2H3/b4-3-,20-19+/t21-,22+,25+,26-,27+,28?/m1/s1.